The van der Waals surface area contributed by atoms with Crippen LogP contribution in [0.1, 0.15) is 37.7 Å². The summed E-state index contributed by atoms with van der Waals surface area (Å²) >= 11 is 0. The molecule has 0 saturated heterocycles. The summed E-state index contributed by atoms with van der Waals surface area (Å²) in [6, 6.07) is 1.84. The second-order valence-electron chi connectivity index (χ2n) is 5.58. The van der Waals surface area contributed by atoms with Gasteiger partial charge in [0.15, 0.2) is 9.84 Å². The number of benzene rings is 1. The molecule has 0 aromatic heterocycles. The number of hydrogen-bond acceptors (Lipinski definition) is 3. The van der Waals surface area contributed by atoms with E-state index in [9.17, 15) is 17.2 Å². The highest BCUT2D eigenvalue weighted by Crippen LogP contribution is 2.41. The molecule has 6 heteroatoms. The first-order chi connectivity index (χ1) is 9.30. The molecule has 0 amide bonds. The number of hydrogen-bond donors (Lipinski definition) is 1. The number of rotatable bonds is 3. The van der Waals surface area contributed by atoms with E-state index in [1.807, 2.05) is 0 Å². The van der Waals surface area contributed by atoms with Crippen LogP contribution in [0.3, 0.4) is 0 Å². The maximum absolute atomic E-state index is 14.6. The maximum atomic E-state index is 14.6. The van der Waals surface area contributed by atoms with E-state index in [4.69, 9.17) is 5.73 Å². The first-order valence-electron chi connectivity index (χ1n) is 6.70. The SMILES string of the molecule is CS(=O)(=O)c1cc(F)cc(C2(CN)CCCCC2)c1F. The zero-order valence-electron chi connectivity index (χ0n) is 11.5. The Kier molecular flexibility index (Phi) is 4.16. The Labute approximate surface area is 118 Å². The van der Waals surface area contributed by atoms with Crippen LogP contribution in [-0.4, -0.2) is 21.2 Å². The molecule has 1 saturated carbocycles. The van der Waals surface area contributed by atoms with Gasteiger partial charge in [0.1, 0.15) is 16.5 Å². The van der Waals surface area contributed by atoms with Crippen molar-refractivity contribution in [2.24, 2.45) is 5.73 Å². The van der Waals surface area contributed by atoms with E-state index in [2.05, 4.69) is 0 Å². The third kappa shape index (κ3) is 2.72. The molecule has 20 heavy (non-hydrogen) atoms. The standard InChI is InChI=1S/C14H19F2NO2S/c1-20(18,19)12-8-10(15)7-11(13(12)16)14(9-17)5-3-2-4-6-14/h7-8H,2-6,9,17H2,1H3. The van der Waals surface area contributed by atoms with Crippen LogP contribution < -0.4 is 5.73 Å². The second-order valence-corrected chi connectivity index (χ2v) is 7.57. The molecule has 2 N–H and O–H groups in total. The van der Waals surface area contributed by atoms with Crippen LogP contribution in [-0.2, 0) is 15.3 Å². The van der Waals surface area contributed by atoms with Crippen molar-refractivity contribution in [3.63, 3.8) is 0 Å². The van der Waals surface area contributed by atoms with E-state index in [0.29, 0.717) is 12.8 Å². The monoisotopic (exact) mass is 303 g/mol. The number of sulfone groups is 1. The molecular formula is C14H19F2NO2S. The molecule has 0 unspecified atom stereocenters. The van der Waals surface area contributed by atoms with E-state index in [0.717, 1.165) is 37.7 Å². The van der Waals surface area contributed by atoms with Crippen LogP contribution >= 0.6 is 0 Å². The molecular weight excluding hydrogens is 284 g/mol. The normalized spacial score (nSPS) is 19.0. The largest absolute Gasteiger partial charge is 0.330 e. The van der Waals surface area contributed by atoms with Crippen LogP contribution in [0.25, 0.3) is 0 Å². The quantitative estimate of drug-likeness (QED) is 0.933. The predicted molar refractivity (Wildman–Crippen MR) is 73.3 cm³/mol. The molecule has 0 bridgehead atoms. The lowest BCUT2D eigenvalue weighted by molar-refractivity contribution is 0.288. The molecule has 1 aliphatic rings. The summed E-state index contributed by atoms with van der Waals surface area (Å²) in [7, 11) is -3.81. The van der Waals surface area contributed by atoms with Gasteiger partial charge in [-0.15, -0.1) is 0 Å². The summed E-state index contributed by atoms with van der Waals surface area (Å²) in [5.74, 6) is -1.58. The van der Waals surface area contributed by atoms with Gasteiger partial charge in [0.05, 0.1) is 0 Å². The predicted octanol–water partition coefficient (Wildman–Crippen LogP) is 2.53. The van der Waals surface area contributed by atoms with Crippen molar-refractivity contribution in [2.75, 3.05) is 12.8 Å². The van der Waals surface area contributed by atoms with E-state index < -0.39 is 31.8 Å². The molecule has 2 rings (SSSR count). The Morgan fingerprint density at radius 2 is 1.80 bits per heavy atom. The van der Waals surface area contributed by atoms with Crippen LogP contribution in [0, 0.1) is 11.6 Å². The third-order valence-electron chi connectivity index (χ3n) is 4.18. The highest BCUT2D eigenvalue weighted by atomic mass is 32.2. The molecule has 0 heterocycles. The van der Waals surface area contributed by atoms with E-state index >= 15 is 0 Å². The van der Waals surface area contributed by atoms with Crippen molar-refractivity contribution >= 4 is 9.84 Å². The van der Waals surface area contributed by atoms with Gasteiger partial charge in [-0.05, 0) is 30.5 Å². The summed E-state index contributed by atoms with van der Waals surface area (Å²) in [6.07, 6.45) is 5.02. The third-order valence-corrected chi connectivity index (χ3v) is 5.27. The Balaban J connectivity index is 2.64. The Morgan fingerprint density at radius 1 is 1.20 bits per heavy atom. The summed E-state index contributed by atoms with van der Waals surface area (Å²) in [6.45, 7) is 0.191. The fourth-order valence-corrected chi connectivity index (χ4v) is 3.79. The lowest BCUT2D eigenvalue weighted by atomic mass is 9.69. The smallest absolute Gasteiger partial charge is 0.178 e. The van der Waals surface area contributed by atoms with Crippen molar-refractivity contribution in [2.45, 2.75) is 42.4 Å². The summed E-state index contributed by atoms with van der Waals surface area (Å²) in [4.78, 5) is -0.578. The lowest BCUT2D eigenvalue weighted by Crippen LogP contribution is -2.38. The van der Waals surface area contributed by atoms with Gasteiger partial charge in [0.2, 0.25) is 0 Å². The minimum absolute atomic E-state index is 0.111. The van der Waals surface area contributed by atoms with Crippen LogP contribution in [0.5, 0.6) is 0 Å². The lowest BCUT2D eigenvalue weighted by Gasteiger charge is -2.37. The zero-order valence-corrected chi connectivity index (χ0v) is 12.3. The van der Waals surface area contributed by atoms with E-state index in [1.54, 1.807) is 0 Å². The molecule has 112 valence electrons. The highest BCUT2D eigenvalue weighted by molar-refractivity contribution is 7.90. The molecule has 0 spiro atoms. The van der Waals surface area contributed by atoms with Gasteiger partial charge in [0, 0.05) is 18.2 Å². The van der Waals surface area contributed by atoms with Crippen molar-refractivity contribution in [3.05, 3.63) is 29.3 Å². The van der Waals surface area contributed by atoms with Gasteiger partial charge in [-0.25, -0.2) is 17.2 Å². The van der Waals surface area contributed by atoms with Crippen molar-refractivity contribution in [1.29, 1.82) is 0 Å². The molecule has 1 fully saturated rings. The average molecular weight is 303 g/mol. The van der Waals surface area contributed by atoms with Crippen LogP contribution in [0.4, 0.5) is 8.78 Å². The fourth-order valence-electron chi connectivity index (χ4n) is 3.03. The maximum Gasteiger partial charge on any atom is 0.178 e. The number of nitrogens with two attached hydrogens (primary N) is 1. The van der Waals surface area contributed by atoms with E-state index in [1.165, 1.54) is 0 Å². The van der Waals surface area contributed by atoms with Crippen molar-refractivity contribution in [3.8, 4) is 0 Å². The van der Waals surface area contributed by atoms with Gasteiger partial charge in [-0.3, -0.25) is 0 Å². The van der Waals surface area contributed by atoms with Gasteiger partial charge in [-0.1, -0.05) is 19.3 Å². The minimum Gasteiger partial charge on any atom is -0.330 e. The van der Waals surface area contributed by atoms with Gasteiger partial charge < -0.3 is 5.73 Å². The van der Waals surface area contributed by atoms with Crippen LogP contribution in [0.2, 0.25) is 0 Å². The van der Waals surface area contributed by atoms with Crippen LogP contribution in [0.15, 0.2) is 17.0 Å². The molecule has 1 aromatic rings. The first kappa shape index (κ1) is 15.4. The first-order valence-corrected chi connectivity index (χ1v) is 8.59. The second kappa shape index (κ2) is 5.41. The van der Waals surface area contributed by atoms with Gasteiger partial charge in [-0.2, -0.15) is 0 Å². The molecule has 3 nitrogen and oxygen atoms in total. The Morgan fingerprint density at radius 3 is 2.30 bits per heavy atom. The summed E-state index contributed by atoms with van der Waals surface area (Å²) in [5, 5.41) is 0. The van der Waals surface area contributed by atoms with Gasteiger partial charge >= 0.3 is 0 Å². The number of halogens is 2. The zero-order chi connectivity index (χ0) is 15.0. The fraction of sp³-hybridized carbons (Fsp3) is 0.571. The minimum atomic E-state index is -3.81. The Hall–Kier alpha value is -1.01. The van der Waals surface area contributed by atoms with E-state index in [-0.39, 0.29) is 12.1 Å². The summed E-state index contributed by atoms with van der Waals surface area (Å²) < 4.78 is 51.5. The summed E-state index contributed by atoms with van der Waals surface area (Å²) in [5.41, 5.74) is 5.27. The molecule has 0 radical (unpaired) electrons. The molecule has 1 aromatic carbocycles. The topological polar surface area (TPSA) is 60.2 Å². The van der Waals surface area contributed by atoms with Gasteiger partial charge in [0.25, 0.3) is 0 Å². The van der Waals surface area contributed by atoms with Crippen molar-refractivity contribution < 1.29 is 17.2 Å². The highest BCUT2D eigenvalue weighted by Gasteiger charge is 2.37. The molecule has 0 atom stereocenters. The average Bonchev–Trinajstić information content (AvgIpc) is 2.40. The molecule has 0 aliphatic heterocycles. The molecule has 1 aliphatic carbocycles. The van der Waals surface area contributed by atoms with Crippen molar-refractivity contribution in [1.82, 2.24) is 0 Å². The Bertz CT molecular complexity index is 608.